The number of benzene rings is 3. The molecular weight excluding hydrogens is 360 g/mol. The Balaban J connectivity index is 1.64. The molecule has 0 amide bonds. The zero-order valence-electron chi connectivity index (χ0n) is 16.5. The molecule has 1 N–H and O–H groups in total. The molecule has 0 saturated carbocycles. The van der Waals surface area contributed by atoms with E-state index in [9.17, 15) is 9.90 Å². The van der Waals surface area contributed by atoms with E-state index >= 15 is 0 Å². The molecule has 0 spiro atoms. The predicted octanol–water partition coefficient (Wildman–Crippen LogP) is 6.10. The maximum Gasteiger partial charge on any atom is 0.235 e. The first-order valence-corrected chi connectivity index (χ1v) is 9.53. The molecule has 4 rings (SSSR count). The van der Waals surface area contributed by atoms with Gasteiger partial charge in [-0.2, -0.15) is 0 Å². The summed E-state index contributed by atoms with van der Waals surface area (Å²) in [5.41, 5.74) is 6.20. The van der Waals surface area contributed by atoms with Gasteiger partial charge in [0.25, 0.3) is 0 Å². The van der Waals surface area contributed by atoms with Crippen LogP contribution in [-0.2, 0) is 6.42 Å². The van der Waals surface area contributed by atoms with Gasteiger partial charge < -0.3 is 9.52 Å². The molecule has 0 aliphatic carbocycles. The van der Waals surface area contributed by atoms with Gasteiger partial charge in [0, 0.05) is 5.56 Å². The lowest BCUT2D eigenvalue weighted by molar-refractivity contribution is 0.449. The van der Waals surface area contributed by atoms with E-state index in [1.54, 1.807) is 12.1 Å². The van der Waals surface area contributed by atoms with Gasteiger partial charge in [-0.1, -0.05) is 72.3 Å². The van der Waals surface area contributed by atoms with Crippen LogP contribution in [-0.4, -0.2) is 5.11 Å². The highest BCUT2D eigenvalue weighted by atomic mass is 16.4. The zero-order valence-corrected chi connectivity index (χ0v) is 16.5. The molecule has 3 aromatic carbocycles. The summed E-state index contributed by atoms with van der Waals surface area (Å²) in [4.78, 5) is 12.5. The summed E-state index contributed by atoms with van der Waals surface area (Å²) in [6.07, 6.45) is 0.795. The van der Waals surface area contributed by atoms with Gasteiger partial charge in [0.05, 0.1) is 5.39 Å². The predicted molar refractivity (Wildman–Crippen MR) is 118 cm³/mol. The van der Waals surface area contributed by atoms with Crippen LogP contribution in [0.2, 0.25) is 0 Å². The summed E-state index contributed by atoms with van der Waals surface area (Å²) in [5, 5.41) is 10.8. The fourth-order valence-corrected chi connectivity index (χ4v) is 3.41. The number of aromatic hydroxyl groups is 1. The Morgan fingerprint density at radius 3 is 2.21 bits per heavy atom. The van der Waals surface area contributed by atoms with E-state index in [4.69, 9.17) is 4.42 Å². The van der Waals surface area contributed by atoms with Gasteiger partial charge >= 0.3 is 0 Å². The molecule has 3 nitrogen and oxygen atoms in total. The van der Waals surface area contributed by atoms with Crippen LogP contribution in [0, 0.1) is 6.92 Å². The highest BCUT2D eigenvalue weighted by Gasteiger charge is 2.15. The Labute approximate surface area is 169 Å². The van der Waals surface area contributed by atoms with E-state index < -0.39 is 5.43 Å². The van der Waals surface area contributed by atoms with Crippen LogP contribution in [0.3, 0.4) is 0 Å². The molecule has 0 bridgehead atoms. The third-order valence-corrected chi connectivity index (χ3v) is 5.09. The Hall–Kier alpha value is -3.59. The van der Waals surface area contributed by atoms with Gasteiger partial charge in [-0.3, -0.25) is 4.79 Å². The Morgan fingerprint density at radius 1 is 0.966 bits per heavy atom. The zero-order chi connectivity index (χ0) is 20.5. The van der Waals surface area contributed by atoms with Crippen molar-refractivity contribution in [1.29, 1.82) is 0 Å². The van der Waals surface area contributed by atoms with Crippen LogP contribution in [0.15, 0.2) is 82.5 Å². The van der Waals surface area contributed by atoms with Crippen molar-refractivity contribution < 1.29 is 9.52 Å². The SMILES string of the molecule is C=C(C)c1ccc(Cc2ccc(-c3oc4ccc(C)cc4c(=O)c3O)cc2)cc1. The summed E-state index contributed by atoms with van der Waals surface area (Å²) >= 11 is 0. The highest BCUT2D eigenvalue weighted by Crippen LogP contribution is 2.30. The second-order valence-corrected chi connectivity index (χ2v) is 7.46. The smallest absolute Gasteiger partial charge is 0.235 e. The first-order valence-electron chi connectivity index (χ1n) is 9.53. The van der Waals surface area contributed by atoms with Gasteiger partial charge in [0.1, 0.15) is 5.58 Å². The molecule has 1 aromatic heterocycles. The maximum atomic E-state index is 12.5. The number of allylic oxidation sites excluding steroid dienone is 1. The first kappa shape index (κ1) is 18.8. The highest BCUT2D eigenvalue weighted by molar-refractivity contribution is 5.82. The minimum Gasteiger partial charge on any atom is -0.502 e. The number of fused-ring (bicyclic) bond motifs is 1. The van der Waals surface area contributed by atoms with Crippen molar-refractivity contribution in [1.82, 2.24) is 0 Å². The van der Waals surface area contributed by atoms with E-state index in [1.165, 1.54) is 5.56 Å². The lowest BCUT2D eigenvalue weighted by Crippen LogP contribution is -2.02. The quantitative estimate of drug-likeness (QED) is 0.464. The summed E-state index contributed by atoms with van der Waals surface area (Å²) in [5.74, 6) is -0.157. The van der Waals surface area contributed by atoms with Gasteiger partial charge in [0.15, 0.2) is 5.76 Å². The Kier molecular flexibility index (Phi) is 4.81. The average molecular weight is 382 g/mol. The number of hydrogen-bond acceptors (Lipinski definition) is 3. The second kappa shape index (κ2) is 7.44. The molecule has 0 saturated heterocycles. The number of hydrogen-bond donors (Lipinski definition) is 1. The summed E-state index contributed by atoms with van der Waals surface area (Å²) in [7, 11) is 0. The van der Waals surface area contributed by atoms with Crippen LogP contribution in [0.5, 0.6) is 5.75 Å². The molecule has 0 aliphatic rings. The summed E-state index contributed by atoms with van der Waals surface area (Å²) in [6, 6.07) is 21.5. The summed E-state index contributed by atoms with van der Waals surface area (Å²) < 4.78 is 5.85. The summed E-state index contributed by atoms with van der Waals surface area (Å²) in [6.45, 7) is 7.86. The van der Waals surface area contributed by atoms with Crippen molar-refractivity contribution in [2.24, 2.45) is 0 Å². The molecule has 0 aliphatic heterocycles. The molecule has 144 valence electrons. The third kappa shape index (κ3) is 3.72. The van der Waals surface area contributed by atoms with Crippen molar-refractivity contribution >= 4 is 16.5 Å². The van der Waals surface area contributed by atoms with E-state index in [-0.39, 0.29) is 11.5 Å². The largest absolute Gasteiger partial charge is 0.502 e. The monoisotopic (exact) mass is 382 g/mol. The normalized spacial score (nSPS) is 11.0. The lowest BCUT2D eigenvalue weighted by Gasteiger charge is -2.08. The standard InChI is InChI=1S/C26H22O3/c1-16(2)20-9-5-18(6-10-20)15-19-7-11-21(12-8-19)26-25(28)24(27)22-14-17(3)4-13-23(22)29-26/h4-14,28H,1,15H2,2-3H3. The molecule has 3 heteroatoms. The topological polar surface area (TPSA) is 50.4 Å². The van der Waals surface area contributed by atoms with Gasteiger partial charge in [0.2, 0.25) is 11.2 Å². The average Bonchev–Trinajstić information content (AvgIpc) is 2.72. The van der Waals surface area contributed by atoms with Gasteiger partial charge in [-0.05, 0) is 49.1 Å². The Morgan fingerprint density at radius 2 is 1.59 bits per heavy atom. The van der Waals surface area contributed by atoms with Crippen LogP contribution in [0.4, 0.5) is 0 Å². The van der Waals surface area contributed by atoms with Crippen molar-refractivity contribution in [2.45, 2.75) is 20.3 Å². The minimum absolute atomic E-state index is 0.198. The molecule has 0 atom stereocenters. The molecule has 0 unspecified atom stereocenters. The van der Waals surface area contributed by atoms with Crippen molar-refractivity contribution in [3.63, 3.8) is 0 Å². The number of aryl methyl sites for hydroxylation is 1. The molecule has 1 heterocycles. The van der Waals surface area contributed by atoms with Gasteiger partial charge in [-0.25, -0.2) is 0 Å². The molecule has 0 fully saturated rings. The van der Waals surface area contributed by atoms with Crippen LogP contribution in [0.25, 0.3) is 27.9 Å². The van der Waals surface area contributed by atoms with E-state index in [2.05, 4.69) is 30.8 Å². The fourth-order valence-electron chi connectivity index (χ4n) is 3.41. The van der Waals surface area contributed by atoms with Crippen LogP contribution in [0.1, 0.15) is 29.2 Å². The van der Waals surface area contributed by atoms with Crippen molar-refractivity contribution in [3.05, 3.63) is 106 Å². The van der Waals surface area contributed by atoms with Crippen molar-refractivity contribution in [2.75, 3.05) is 0 Å². The molecule has 4 aromatic rings. The van der Waals surface area contributed by atoms with Crippen LogP contribution < -0.4 is 5.43 Å². The number of rotatable bonds is 4. The van der Waals surface area contributed by atoms with E-state index in [1.807, 2.05) is 44.2 Å². The maximum absolute atomic E-state index is 12.5. The van der Waals surface area contributed by atoms with Crippen LogP contribution >= 0.6 is 0 Å². The third-order valence-electron chi connectivity index (χ3n) is 5.09. The fraction of sp³-hybridized carbons (Fsp3) is 0.115. The van der Waals surface area contributed by atoms with E-state index in [0.29, 0.717) is 16.5 Å². The van der Waals surface area contributed by atoms with Gasteiger partial charge in [-0.15, -0.1) is 0 Å². The second-order valence-electron chi connectivity index (χ2n) is 7.46. The molecule has 0 radical (unpaired) electrons. The molecular formula is C26H22O3. The van der Waals surface area contributed by atoms with E-state index in [0.717, 1.165) is 28.7 Å². The molecule has 29 heavy (non-hydrogen) atoms. The lowest BCUT2D eigenvalue weighted by atomic mass is 10.00. The Bertz CT molecular complexity index is 1260. The minimum atomic E-state index is -0.411. The van der Waals surface area contributed by atoms with Crippen molar-refractivity contribution in [3.8, 4) is 17.1 Å². The first-order chi connectivity index (χ1) is 13.9.